The van der Waals surface area contributed by atoms with E-state index in [1.807, 2.05) is 32.8 Å². The highest BCUT2D eigenvalue weighted by atomic mass is 19.1. The van der Waals surface area contributed by atoms with Crippen LogP contribution in [0.3, 0.4) is 0 Å². The molecule has 0 aliphatic carbocycles. The molecule has 112 valence electrons. The number of nitrogens with zero attached hydrogens (tertiary/aromatic N) is 1. The molecular weight excluding hydrogens is 257 g/mol. The molecule has 0 spiro atoms. The molecule has 3 N–H and O–H groups in total. The smallest absolute Gasteiger partial charge is 0.224 e. The lowest BCUT2D eigenvalue weighted by Gasteiger charge is -2.26. The number of halogens is 1. The number of nitrogens with two attached hydrogens (primary N) is 1. The van der Waals surface area contributed by atoms with Crippen molar-refractivity contribution in [2.75, 3.05) is 20.6 Å². The normalized spacial score (nSPS) is 15.8. The number of carbonyl (C=O) groups is 1. The van der Waals surface area contributed by atoms with Gasteiger partial charge in [0.1, 0.15) is 5.82 Å². The molecule has 1 amide bonds. The predicted molar refractivity (Wildman–Crippen MR) is 78.7 cm³/mol. The summed E-state index contributed by atoms with van der Waals surface area (Å²) in [5, 5.41) is 2.90. The van der Waals surface area contributed by atoms with Gasteiger partial charge in [-0.1, -0.05) is 19.1 Å². The van der Waals surface area contributed by atoms with E-state index in [1.54, 1.807) is 12.1 Å². The van der Waals surface area contributed by atoms with Gasteiger partial charge in [0.15, 0.2) is 0 Å². The zero-order valence-corrected chi connectivity index (χ0v) is 12.6. The molecule has 5 heteroatoms. The minimum Gasteiger partial charge on any atom is -0.354 e. The fraction of sp³-hybridized carbons (Fsp3) is 0.533. The molecule has 0 saturated carbocycles. The van der Waals surface area contributed by atoms with Crippen LogP contribution in [0.25, 0.3) is 0 Å². The summed E-state index contributed by atoms with van der Waals surface area (Å²) in [7, 11) is 3.85. The average Bonchev–Trinajstić information content (AvgIpc) is 2.39. The zero-order valence-electron chi connectivity index (χ0n) is 12.6. The van der Waals surface area contributed by atoms with Gasteiger partial charge in [0.05, 0.1) is 6.04 Å². The number of benzene rings is 1. The number of carbonyl (C=O) groups excluding carboxylic acids is 1. The van der Waals surface area contributed by atoms with E-state index < -0.39 is 0 Å². The van der Waals surface area contributed by atoms with Gasteiger partial charge < -0.3 is 16.0 Å². The Labute approximate surface area is 120 Å². The summed E-state index contributed by atoms with van der Waals surface area (Å²) in [6.07, 6.45) is 0. The Morgan fingerprint density at radius 1 is 1.30 bits per heavy atom. The van der Waals surface area contributed by atoms with Gasteiger partial charge in [-0.3, -0.25) is 4.79 Å². The molecule has 0 radical (unpaired) electrons. The van der Waals surface area contributed by atoms with E-state index >= 15 is 0 Å². The van der Waals surface area contributed by atoms with Crippen LogP contribution in [-0.4, -0.2) is 37.5 Å². The van der Waals surface area contributed by atoms with Crippen LogP contribution >= 0.6 is 0 Å². The van der Waals surface area contributed by atoms with Crippen molar-refractivity contribution in [3.8, 4) is 0 Å². The van der Waals surface area contributed by atoms with E-state index in [0.717, 1.165) is 5.56 Å². The summed E-state index contributed by atoms with van der Waals surface area (Å²) in [5.41, 5.74) is 6.68. The van der Waals surface area contributed by atoms with Gasteiger partial charge in [0, 0.05) is 18.5 Å². The molecule has 4 nitrogen and oxygen atoms in total. The van der Waals surface area contributed by atoms with Crippen LogP contribution in [0.15, 0.2) is 24.3 Å². The van der Waals surface area contributed by atoms with Crippen LogP contribution in [0, 0.1) is 11.7 Å². The van der Waals surface area contributed by atoms with Crippen molar-refractivity contribution in [1.82, 2.24) is 10.2 Å². The van der Waals surface area contributed by atoms with Crippen LogP contribution < -0.4 is 11.1 Å². The van der Waals surface area contributed by atoms with Crippen molar-refractivity contribution in [2.24, 2.45) is 11.7 Å². The fourth-order valence-corrected chi connectivity index (χ4v) is 1.88. The number of likely N-dealkylation sites (N-methyl/N-ethyl adjacent to an activating group) is 1. The maximum absolute atomic E-state index is 13.0. The van der Waals surface area contributed by atoms with Gasteiger partial charge in [-0.05, 0) is 38.7 Å². The molecule has 0 aromatic heterocycles. The Kier molecular flexibility index (Phi) is 6.10. The molecule has 3 atom stereocenters. The minimum atomic E-state index is -0.263. The van der Waals surface area contributed by atoms with Gasteiger partial charge in [0.25, 0.3) is 0 Å². The molecule has 1 rings (SSSR count). The number of hydrogen-bond donors (Lipinski definition) is 2. The maximum atomic E-state index is 13.0. The summed E-state index contributed by atoms with van der Waals surface area (Å²) in [6.45, 7) is 4.09. The van der Waals surface area contributed by atoms with Gasteiger partial charge in [-0.2, -0.15) is 0 Å². The van der Waals surface area contributed by atoms with Crippen molar-refractivity contribution >= 4 is 5.91 Å². The fourth-order valence-electron chi connectivity index (χ4n) is 1.88. The second kappa shape index (κ2) is 7.36. The lowest BCUT2D eigenvalue weighted by atomic mass is 10.0. The molecule has 0 saturated heterocycles. The van der Waals surface area contributed by atoms with Crippen molar-refractivity contribution in [2.45, 2.75) is 25.9 Å². The van der Waals surface area contributed by atoms with Gasteiger partial charge in [0.2, 0.25) is 5.91 Å². The lowest BCUT2D eigenvalue weighted by Crippen LogP contribution is -2.41. The maximum Gasteiger partial charge on any atom is 0.224 e. The second-order valence-electron chi connectivity index (χ2n) is 5.42. The van der Waals surface area contributed by atoms with Crippen molar-refractivity contribution in [3.63, 3.8) is 0 Å². The SMILES string of the molecule is CC(N)C(C)C(=O)NCC(c1ccc(F)cc1)N(C)C. The Morgan fingerprint density at radius 2 is 1.85 bits per heavy atom. The van der Waals surface area contributed by atoms with E-state index in [-0.39, 0.29) is 29.7 Å². The highest BCUT2D eigenvalue weighted by Crippen LogP contribution is 2.18. The summed E-state index contributed by atoms with van der Waals surface area (Å²) >= 11 is 0. The highest BCUT2D eigenvalue weighted by molar-refractivity contribution is 5.78. The zero-order chi connectivity index (χ0) is 15.3. The Hall–Kier alpha value is -1.46. The molecular formula is C15H24FN3O. The molecule has 0 heterocycles. The molecule has 1 aromatic carbocycles. The molecule has 1 aromatic rings. The molecule has 0 aliphatic heterocycles. The standard InChI is InChI=1S/C15H24FN3O/c1-10(11(2)17)15(20)18-9-14(19(3)4)12-5-7-13(16)8-6-12/h5-8,10-11,14H,9,17H2,1-4H3,(H,18,20). The molecule has 20 heavy (non-hydrogen) atoms. The Balaban J connectivity index is 2.69. The summed E-state index contributed by atoms with van der Waals surface area (Å²) < 4.78 is 13.0. The molecule has 0 fully saturated rings. The van der Waals surface area contributed by atoms with E-state index in [1.165, 1.54) is 12.1 Å². The number of hydrogen-bond acceptors (Lipinski definition) is 3. The third kappa shape index (κ3) is 4.58. The van der Waals surface area contributed by atoms with E-state index in [0.29, 0.717) is 6.54 Å². The average molecular weight is 281 g/mol. The van der Waals surface area contributed by atoms with Gasteiger partial charge >= 0.3 is 0 Å². The number of amides is 1. The number of rotatable bonds is 6. The summed E-state index contributed by atoms with van der Waals surface area (Å²) in [6, 6.07) is 6.15. The van der Waals surface area contributed by atoms with Gasteiger partial charge in [-0.25, -0.2) is 4.39 Å². The lowest BCUT2D eigenvalue weighted by molar-refractivity contribution is -0.125. The first-order valence-electron chi connectivity index (χ1n) is 6.78. The van der Waals surface area contributed by atoms with Crippen LogP contribution in [-0.2, 0) is 4.79 Å². The van der Waals surface area contributed by atoms with E-state index in [4.69, 9.17) is 5.73 Å². The summed E-state index contributed by atoms with van der Waals surface area (Å²) in [4.78, 5) is 13.9. The second-order valence-corrected chi connectivity index (χ2v) is 5.42. The largest absolute Gasteiger partial charge is 0.354 e. The first-order valence-corrected chi connectivity index (χ1v) is 6.78. The van der Waals surface area contributed by atoms with Crippen molar-refractivity contribution in [3.05, 3.63) is 35.6 Å². The third-order valence-electron chi connectivity index (χ3n) is 3.55. The van der Waals surface area contributed by atoms with Crippen LogP contribution in [0.2, 0.25) is 0 Å². The Morgan fingerprint density at radius 3 is 2.30 bits per heavy atom. The van der Waals surface area contributed by atoms with E-state index in [2.05, 4.69) is 5.32 Å². The van der Waals surface area contributed by atoms with E-state index in [9.17, 15) is 9.18 Å². The number of nitrogens with one attached hydrogen (secondary N) is 1. The molecule has 3 unspecified atom stereocenters. The predicted octanol–water partition coefficient (Wildman–Crippen LogP) is 1.53. The van der Waals surface area contributed by atoms with Crippen molar-refractivity contribution < 1.29 is 9.18 Å². The summed E-state index contributed by atoms with van der Waals surface area (Å²) in [5.74, 6) is -0.555. The van der Waals surface area contributed by atoms with Crippen LogP contribution in [0.4, 0.5) is 4.39 Å². The highest BCUT2D eigenvalue weighted by Gasteiger charge is 2.20. The first kappa shape index (κ1) is 16.6. The first-order chi connectivity index (χ1) is 9.32. The van der Waals surface area contributed by atoms with Gasteiger partial charge in [-0.15, -0.1) is 0 Å². The monoisotopic (exact) mass is 281 g/mol. The topological polar surface area (TPSA) is 58.4 Å². The molecule has 0 aliphatic rings. The third-order valence-corrected chi connectivity index (χ3v) is 3.55. The van der Waals surface area contributed by atoms with Crippen molar-refractivity contribution in [1.29, 1.82) is 0 Å². The Bertz CT molecular complexity index is 431. The quantitative estimate of drug-likeness (QED) is 0.831. The molecule has 0 bridgehead atoms. The minimum absolute atomic E-state index is 0.000157. The van der Waals surface area contributed by atoms with Crippen LogP contribution in [0.5, 0.6) is 0 Å². The van der Waals surface area contributed by atoms with Crippen LogP contribution in [0.1, 0.15) is 25.5 Å².